The van der Waals surface area contributed by atoms with E-state index in [2.05, 4.69) is 4.72 Å². The van der Waals surface area contributed by atoms with Crippen molar-refractivity contribution in [2.24, 2.45) is 0 Å². The summed E-state index contributed by atoms with van der Waals surface area (Å²) >= 11 is 0. The molecule has 0 saturated heterocycles. The van der Waals surface area contributed by atoms with Crippen LogP contribution >= 0.6 is 0 Å². The fraction of sp³-hybridized carbons (Fsp3) is 0.294. The molecule has 2 aromatic carbocycles. The number of rotatable bonds is 7. The van der Waals surface area contributed by atoms with Crippen LogP contribution in [0.5, 0.6) is 0 Å². The van der Waals surface area contributed by atoms with Gasteiger partial charge in [-0.15, -0.1) is 0 Å². The van der Waals surface area contributed by atoms with Crippen LogP contribution in [-0.4, -0.2) is 26.2 Å². The third-order valence-corrected chi connectivity index (χ3v) is 5.00. The van der Waals surface area contributed by atoms with Crippen LogP contribution < -0.4 is 4.72 Å². The van der Waals surface area contributed by atoms with Crippen LogP contribution in [0.2, 0.25) is 0 Å². The van der Waals surface area contributed by atoms with Gasteiger partial charge in [0.15, 0.2) is 0 Å². The molecule has 6 heteroatoms. The largest absolute Gasteiger partial charge is 0.393 e. The van der Waals surface area contributed by atoms with Crippen LogP contribution in [0.15, 0.2) is 59.5 Å². The summed E-state index contributed by atoms with van der Waals surface area (Å²) in [6.07, 6.45) is -0.165. The molecule has 0 amide bonds. The first-order valence-corrected chi connectivity index (χ1v) is 8.85. The van der Waals surface area contributed by atoms with E-state index in [1.807, 2.05) is 30.3 Å². The summed E-state index contributed by atoms with van der Waals surface area (Å²) in [6.45, 7) is 1.74. The lowest BCUT2D eigenvalue weighted by Crippen LogP contribution is -2.30. The average molecular weight is 337 g/mol. The molecule has 0 aliphatic carbocycles. The summed E-state index contributed by atoms with van der Waals surface area (Å²) < 4.78 is 40.6. The zero-order chi connectivity index (χ0) is 16.9. The van der Waals surface area contributed by atoms with Gasteiger partial charge in [-0.05, 0) is 37.0 Å². The van der Waals surface area contributed by atoms with Gasteiger partial charge >= 0.3 is 0 Å². The molecule has 2 unspecified atom stereocenters. The molecule has 0 bridgehead atoms. The highest BCUT2D eigenvalue weighted by Gasteiger charge is 2.21. The number of nitrogens with one attached hydrogen (secondary N) is 1. The van der Waals surface area contributed by atoms with Gasteiger partial charge in [0.1, 0.15) is 10.7 Å². The number of aliphatic hydroxyl groups excluding tert-OH is 1. The van der Waals surface area contributed by atoms with E-state index in [0.29, 0.717) is 6.42 Å². The molecule has 0 saturated carbocycles. The highest BCUT2D eigenvalue weighted by molar-refractivity contribution is 7.89. The Balaban J connectivity index is 2.16. The van der Waals surface area contributed by atoms with Gasteiger partial charge in [0.2, 0.25) is 10.0 Å². The summed E-state index contributed by atoms with van der Waals surface area (Å²) in [7, 11) is -3.94. The van der Waals surface area contributed by atoms with Gasteiger partial charge in [-0.25, -0.2) is 17.5 Å². The molecule has 2 atom stereocenters. The minimum absolute atomic E-state index is 0.0889. The Morgan fingerprint density at radius 1 is 1.09 bits per heavy atom. The minimum Gasteiger partial charge on any atom is -0.393 e. The third-order valence-electron chi connectivity index (χ3n) is 3.54. The van der Waals surface area contributed by atoms with E-state index >= 15 is 0 Å². The van der Waals surface area contributed by atoms with Crippen molar-refractivity contribution in [1.29, 1.82) is 0 Å². The highest BCUT2D eigenvalue weighted by Crippen LogP contribution is 2.22. The molecule has 0 aromatic heterocycles. The number of halogens is 1. The van der Waals surface area contributed by atoms with Gasteiger partial charge in [-0.2, -0.15) is 0 Å². The number of benzene rings is 2. The van der Waals surface area contributed by atoms with Crippen LogP contribution in [0.4, 0.5) is 4.39 Å². The molecule has 2 aromatic rings. The van der Waals surface area contributed by atoms with E-state index in [0.717, 1.165) is 11.6 Å². The smallest absolute Gasteiger partial charge is 0.243 e. The quantitative estimate of drug-likeness (QED) is 0.816. The normalized spacial score (nSPS) is 14.4. The zero-order valence-electron chi connectivity index (χ0n) is 12.8. The topological polar surface area (TPSA) is 66.4 Å². The van der Waals surface area contributed by atoms with E-state index < -0.39 is 21.9 Å². The highest BCUT2D eigenvalue weighted by atomic mass is 32.2. The van der Waals surface area contributed by atoms with Crippen molar-refractivity contribution in [3.05, 3.63) is 66.0 Å². The molecule has 0 spiro atoms. The molecule has 4 nitrogen and oxygen atoms in total. The fourth-order valence-corrected chi connectivity index (χ4v) is 3.58. The van der Waals surface area contributed by atoms with Crippen LogP contribution in [0, 0.1) is 5.82 Å². The lowest BCUT2D eigenvalue weighted by Gasteiger charge is -2.19. The minimum atomic E-state index is -3.94. The first-order chi connectivity index (χ1) is 10.9. The lowest BCUT2D eigenvalue weighted by atomic mass is 9.94. The second-order valence-electron chi connectivity index (χ2n) is 5.47. The van der Waals surface area contributed by atoms with Crippen molar-refractivity contribution in [3.8, 4) is 0 Å². The average Bonchev–Trinajstić information content (AvgIpc) is 2.52. The second kappa shape index (κ2) is 7.68. The van der Waals surface area contributed by atoms with Crippen LogP contribution in [0.1, 0.15) is 24.8 Å². The van der Waals surface area contributed by atoms with E-state index in [9.17, 15) is 17.9 Å². The van der Waals surface area contributed by atoms with Crippen molar-refractivity contribution < 1.29 is 17.9 Å². The first kappa shape index (κ1) is 17.6. The molecule has 2 rings (SSSR count). The number of hydrogen-bond donors (Lipinski definition) is 2. The zero-order valence-corrected chi connectivity index (χ0v) is 13.6. The Morgan fingerprint density at radius 2 is 1.70 bits per heavy atom. The monoisotopic (exact) mass is 337 g/mol. The van der Waals surface area contributed by atoms with Gasteiger partial charge in [-0.1, -0.05) is 42.5 Å². The Bertz CT molecular complexity index is 733. The van der Waals surface area contributed by atoms with Gasteiger partial charge in [0, 0.05) is 6.54 Å². The summed E-state index contributed by atoms with van der Waals surface area (Å²) in [5.41, 5.74) is 0.921. The molecular weight excluding hydrogens is 317 g/mol. The summed E-state index contributed by atoms with van der Waals surface area (Å²) in [4.78, 5) is -0.371. The molecule has 2 N–H and O–H groups in total. The maximum absolute atomic E-state index is 13.7. The molecular formula is C17H20FNO3S. The standard InChI is InChI=1S/C17H20FNO3S/c1-13(20)11-15(14-7-3-2-4-8-14)12-19-23(21,22)17-10-6-5-9-16(17)18/h2-10,13,15,19-20H,11-12H2,1H3. The maximum Gasteiger partial charge on any atom is 0.243 e. The Morgan fingerprint density at radius 3 is 2.30 bits per heavy atom. The van der Waals surface area contributed by atoms with E-state index in [4.69, 9.17) is 0 Å². The van der Waals surface area contributed by atoms with Crippen molar-refractivity contribution >= 4 is 10.0 Å². The number of sulfonamides is 1. The van der Waals surface area contributed by atoms with Crippen LogP contribution in [-0.2, 0) is 10.0 Å². The SMILES string of the molecule is CC(O)CC(CNS(=O)(=O)c1ccccc1F)c1ccccc1. The van der Waals surface area contributed by atoms with E-state index in [1.165, 1.54) is 18.2 Å². The molecule has 124 valence electrons. The van der Waals surface area contributed by atoms with Gasteiger partial charge in [0.25, 0.3) is 0 Å². The van der Waals surface area contributed by atoms with Crippen molar-refractivity contribution in [2.75, 3.05) is 6.54 Å². The van der Waals surface area contributed by atoms with Crippen molar-refractivity contribution in [3.63, 3.8) is 0 Å². The molecule has 0 radical (unpaired) electrons. The Hall–Kier alpha value is -1.76. The van der Waals surface area contributed by atoms with Gasteiger partial charge in [-0.3, -0.25) is 0 Å². The van der Waals surface area contributed by atoms with E-state index in [1.54, 1.807) is 6.92 Å². The van der Waals surface area contributed by atoms with Crippen molar-refractivity contribution in [1.82, 2.24) is 4.72 Å². The molecule has 0 fully saturated rings. The summed E-state index contributed by atoms with van der Waals surface area (Å²) in [5, 5.41) is 9.64. The van der Waals surface area contributed by atoms with Crippen LogP contribution in [0.3, 0.4) is 0 Å². The molecule has 0 aliphatic heterocycles. The number of hydrogen-bond acceptors (Lipinski definition) is 3. The number of aliphatic hydroxyl groups is 1. The van der Waals surface area contributed by atoms with Gasteiger partial charge < -0.3 is 5.11 Å². The van der Waals surface area contributed by atoms with Gasteiger partial charge in [0.05, 0.1) is 6.10 Å². The van der Waals surface area contributed by atoms with Crippen molar-refractivity contribution in [2.45, 2.75) is 30.3 Å². The van der Waals surface area contributed by atoms with E-state index in [-0.39, 0.29) is 17.4 Å². The lowest BCUT2D eigenvalue weighted by molar-refractivity contribution is 0.174. The Kier molecular flexibility index (Phi) is 5.87. The third kappa shape index (κ3) is 4.86. The first-order valence-electron chi connectivity index (χ1n) is 7.37. The van der Waals surface area contributed by atoms with Crippen LogP contribution in [0.25, 0.3) is 0 Å². The fourth-order valence-electron chi connectivity index (χ4n) is 2.42. The molecule has 0 heterocycles. The Labute approximate surface area is 136 Å². The predicted octanol–water partition coefficient (Wildman–Crippen LogP) is 2.66. The summed E-state index contributed by atoms with van der Waals surface area (Å²) in [6, 6.07) is 14.6. The second-order valence-corrected chi connectivity index (χ2v) is 7.21. The maximum atomic E-state index is 13.7. The summed E-state index contributed by atoms with van der Waals surface area (Å²) in [5.74, 6) is -0.982. The predicted molar refractivity (Wildman–Crippen MR) is 87.1 cm³/mol. The molecule has 23 heavy (non-hydrogen) atoms. The molecule has 0 aliphatic rings.